The molecule has 0 aliphatic carbocycles. The summed E-state index contributed by atoms with van der Waals surface area (Å²) in [5, 5.41) is 10.8. The highest BCUT2D eigenvalue weighted by Gasteiger charge is 1.57. The second-order valence-electron chi connectivity index (χ2n) is 1.43. The van der Waals surface area contributed by atoms with Crippen LogP contribution < -0.4 is 5.32 Å². The van der Waals surface area contributed by atoms with Crippen LogP contribution in [0.3, 0.4) is 0 Å². The van der Waals surface area contributed by atoms with E-state index >= 15 is 0 Å². The van der Waals surface area contributed by atoms with Crippen molar-refractivity contribution in [2.45, 2.75) is 20.3 Å². The largest absolute Gasteiger partial charge is 0.396 e. The van der Waals surface area contributed by atoms with Crippen molar-refractivity contribution >= 4 is 0 Å². The van der Waals surface area contributed by atoms with Crippen LogP contribution in [0.15, 0.2) is 0 Å². The molecule has 0 aromatic carbocycles. The molecule has 8 heavy (non-hydrogen) atoms. The van der Waals surface area contributed by atoms with Gasteiger partial charge in [-0.1, -0.05) is 13.8 Å². The van der Waals surface area contributed by atoms with Crippen LogP contribution in [0.25, 0.3) is 0 Å². The molecule has 0 heterocycles. The van der Waals surface area contributed by atoms with Crippen LogP contribution in [0.4, 0.5) is 0 Å². The van der Waals surface area contributed by atoms with E-state index in [4.69, 9.17) is 5.11 Å². The van der Waals surface area contributed by atoms with Gasteiger partial charge in [-0.2, -0.15) is 0 Å². The van der Waals surface area contributed by atoms with Gasteiger partial charge in [0.1, 0.15) is 0 Å². The number of aliphatic hydroxyl groups excluding tert-OH is 1. The Kier molecular flexibility index (Phi) is 21.3. The maximum absolute atomic E-state index is 7.88. The van der Waals surface area contributed by atoms with Crippen molar-refractivity contribution in [2.24, 2.45) is 0 Å². The lowest BCUT2D eigenvalue weighted by Crippen LogP contribution is -2.01. The number of nitrogens with one attached hydrogen (secondary N) is 1. The van der Waals surface area contributed by atoms with Gasteiger partial charge in [0.25, 0.3) is 0 Å². The summed E-state index contributed by atoms with van der Waals surface area (Å²) < 4.78 is 0. The van der Waals surface area contributed by atoms with Gasteiger partial charge in [0.2, 0.25) is 0 Å². The van der Waals surface area contributed by atoms with Crippen LogP contribution >= 0.6 is 0 Å². The zero-order valence-corrected chi connectivity index (χ0v) is 6.07. The molecular weight excluding hydrogens is 102 g/mol. The standard InChI is InChI=1S/C3H9N.C3H8O/c1-3-4-2;1-2-3-4/h4H,3H2,1-2H3;4H,2-3H2,1H3. The average molecular weight is 119 g/mol. The Morgan fingerprint density at radius 2 is 1.62 bits per heavy atom. The number of hydrogen-bond acceptors (Lipinski definition) is 2. The Balaban J connectivity index is 0. The molecule has 0 saturated carbocycles. The van der Waals surface area contributed by atoms with Gasteiger partial charge in [-0.25, -0.2) is 0 Å². The van der Waals surface area contributed by atoms with Gasteiger partial charge in [0, 0.05) is 6.61 Å². The van der Waals surface area contributed by atoms with E-state index in [1.807, 2.05) is 14.0 Å². The highest BCUT2D eigenvalue weighted by molar-refractivity contribution is 4.15. The first-order chi connectivity index (χ1) is 3.83. The number of aliphatic hydroxyl groups is 1. The molecule has 52 valence electrons. The van der Waals surface area contributed by atoms with E-state index in [1.54, 1.807) is 0 Å². The monoisotopic (exact) mass is 119 g/mol. The molecule has 0 amide bonds. The highest BCUT2D eigenvalue weighted by Crippen LogP contribution is 1.61. The first kappa shape index (κ1) is 10.8. The molecule has 0 fully saturated rings. The molecule has 0 unspecified atom stereocenters. The van der Waals surface area contributed by atoms with Crippen LogP contribution in [-0.4, -0.2) is 25.3 Å². The molecular formula is C6H17NO. The van der Waals surface area contributed by atoms with Crippen LogP contribution in [0.2, 0.25) is 0 Å². The van der Waals surface area contributed by atoms with Crippen molar-refractivity contribution in [1.82, 2.24) is 5.32 Å². The molecule has 0 aromatic rings. The third-order valence-corrected chi connectivity index (χ3v) is 0.577. The second-order valence-corrected chi connectivity index (χ2v) is 1.43. The van der Waals surface area contributed by atoms with E-state index in [9.17, 15) is 0 Å². The SMILES string of the molecule is CCCO.CCNC. The summed E-state index contributed by atoms with van der Waals surface area (Å²) in [7, 11) is 1.93. The molecule has 0 aliphatic heterocycles. The third kappa shape index (κ3) is 38.9. The molecule has 0 radical (unpaired) electrons. The van der Waals surface area contributed by atoms with Gasteiger partial charge in [0.05, 0.1) is 0 Å². The van der Waals surface area contributed by atoms with E-state index in [0.717, 1.165) is 13.0 Å². The van der Waals surface area contributed by atoms with E-state index in [0.29, 0.717) is 6.61 Å². The summed E-state index contributed by atoms with van der Waals surface area (Å²) in [6.45, 7) is 5.39. The summed E-state index contributed by atoms with van der Waals surface area (Å²) >= 11 is 0. The second kappa shape index (κ2) is 15.8. The molecule has 2 heteroatoms. The smallest absolute Gasteiger partial charge is 0.0428 e. The maximum Gasteiger partial charge on any atom is 0.0428 e. The predicted molar refractivity (Wildman–Crippen MR) is 37.0 cm³/mol. The molecule has 0 rings (SSSR count). The van der Waals surface area contributed by atoms with Gasteiger partial charge in [-0.3, -0.25) is 0 Å². The zero-order chi connectivity index (χ0) is 6.83. The minimum absolute atomic E-state index is 0.319. The Hall–Kier alpha value is -0.0800. The highest BCUT2D eigenvalue weighted by atomic mass is 16.2. The van der Waals surface area contributed by atoms with Crippen LogP contribution in [0, 0.1) is 0 Å². The van der Waals surface area contributed by atoms with E-state index in [1.165, 1.54) is 0 Å². The van der Waals surface area contributed by atoms with E-state index in [2.05, 4.69) is 12.2 Å². The van der Waals surface area contributed by atoms with Gasteiger partial charge >= 0.3 is 0 Å². The minimum atomic E-state index is 0.319. The summed E-state index contributed by atoms with van der Waals surface area (Å²) in [5.74, 6) is 0. The minimum Gasteiger partial charge on any atom is -0.396 e. The molecule has 2 N–H and O–H groups in total. The first-order valence-corrected chi connectivity index (χ1v) is 3.08. The Labute approximate surface area is 51.9 Å². The van der Waals surface area contributed by atoms with Crippen LogP contribution in [0.5, 0.6) is 0 Å². The van der Waals surface area contributed by atoms with Crippen molar-refractivity contribution < 1.29 is 5.11 Å². The molecule has 0 bridgehead atoms. The van der Waals surface area contributed by atoms with E-state index < -0.39 is 0 Å². The normalized spacial score (nSPS) is 7.50. The van der Waals surface area contributed by atoms with Gasteiger partial charge in [0.15, 0.2) is 0 Å². The lowest BCUT2D eigenvalue weighted by molar-refractivity contribution is 0.295. The van der Waals surface area contributed by atoms with Crippen LogP contribution in [0.1, 0.15) is 20.3 Å². The Morgan fingerprint density at radius 3 is 1.62 bits per heavy atom. The number of rotatable bonds is 2. The molecule has 0 spiro atoms. The predicted octanol–water partition coefficient (Wildman–Crippen LogP) is 0.614. The van der Waals surface area contributed by atoms with Gasteiger partial charge in [-0.15, -0.1) is 0 Å². The molecule has 0 aromatic heterocycles. The first-order valence-electron chi connectivity index (χ1n) is 3.08. The van der Waals surface area contributed by atoms with Crippen molar-refractivity contribution in [3.05, 3.63) is 0 Å². The maximum atomic E-state index is 7.88. The van der Waals surface area contributed by atoms with Crippen molar-refractivity contribution in [1.29, 1.82) is 0 Å². The quantitative estimate of drug-likeness (QED) is 0.558. The summed E-state index contributed by atoms with van der Waals surface area (Å²) in [5.41, 5.74) is 0. The topological polar surface area (TPSA) is 32.3 Å². The van der Waals surface area contributed by atoms with Gasteiger partial charge in [-0.05, 0) is 20.0 Å². The van der Waals surface area contributed by atoms with Crippen molar-refractivity contribution in [3.63, 3.8) is 0 Å². The summed E-state index contributed by atoms with van der Waals surface area (Å²) in [6.07, 6.45) is 0.875. The average Bonchev–Trinajstić information content (AvgIpc) is 1.88. The zero-order valence-electron chi connectivity index (χ0n) is 6.07. The molecule has 0 saturated heterocycles. The van der Waals surface area contributed by atoms with Gasteiger partial charge < -0.3 is 10.4 Å². The molecule has 0 atom stereocenters. The summed E-state index contributed by atoms with van der Waals surface area (Å²) in [6, 6.07) is 0. The van der Waals surface area contributed by atoms with Crippen molar-refractivity contribution in [3.8, 4) is 0 Å². The lowest BCUT2D eigenvalue weighted by atomic mass is 10.5. The molecule has 2 nitrogen and oxygen atoms in total. The summed E-state index contributed by atoms with van der Waals surface area (Å²) in [4.78, 5) is 0. The Morgan fingerprint density at radius 1 is 1.38 bits per heavy atom. The fourth-order valence-corrected chi connectivity index (χ4v) is 0. The van der Waals surface area contributed by atoms with Crippen LogP contribution in [-0.2, 0) is 0 Å². The lowest BCUT2D eigenvalue weighted by Gasteiger charge is -1.76. The Bertz CT molecular complexity index is 16.5. The van der Waals surface area contributed by atoms with E-state index in [-0.39, 0.29) is 0 Å². The number of hydrogen-bond donors (Lipinski definition) is 2. The fourth-order valence-electron chi connectivity index (χ4n) is 0. The molecule has 0 aliphatic rings. The van der Waals surface area contributed by atoms with Crippen molar-refractivity contribution in [2.75, 3.05) is 20.2 Å². The fraction of sp³-hybridized carbons (Fsp3) is 1.00. The third-order valence-electron chi connectivity index (χ3n) is 0.577.